The molecule has 1 fully saturated rings. The third-order valence-electron chi connectivity index (χ3n) is 4.71. The van der Waals surface area contributed by atoms with Gasteiger partial charge in [0, 0.05) is 36.3 Å². The Kier molecular flexibility index (Phi) is 5.31. The van der Waals surface area contributed by atoms with Crippen molar-refractivity contribution in [2.45, 2.75) is 0 Å². The molecule has 0 bridgehead atoms. The molecule has 1 saturated heterocycles. The minimum Gasteiger partial charge on any atom is -0.369 e. The van der Waals surface area contributed by atoms with Crippen molar-refractivity contribution in [3.05, 3.63) is 52.0 Å². The van der Waals surface area contributed by atoms with Gasteiger partial charge >= 0.3 is 0 Å². The molecule has 1 aliphatic heterocycles. The maximum atomic E-state index is 14.6. The van der Waals surface area contributed by atoms with Crippen LogP contribution in [0.15, 0.2) is 34.8 Å². The minimum atomic E-state index is -0.881. The van der Waals surface area contributed by atoms with Gasteiger partial charge in [-0.25, -0.2) is 13.8 Å². The smallest absolute Gasteiger partial charge is 0.263 e. The van der Waals surface area contributed by atoms with Crippen molar-refractivity contribution in [2.24, 2.45) is 0 Å². The molecule has 3 aromatic rings. The molecule has 0 aliphatic carbocycles. The molecule has 0 spiro atoms. The number of anilines is 2. The number of aromatic nitrogens is 1. The highest BCUT2D eigenvalue weighted by Crippen LogP contribution is 2.31. The van der Waals surface area contributed by atoms with Crippen LogP contribution in [0.3, 0.4) is 0 Å². The summed E-state index contributed by atoms with van der Waals surface area (Å²) in [7, 11) is 2.01. The first-order valence-corrected chi connectivity index (χ1v) is 10.3. The molecule has 0 radical (unpaired) electrons. The quantitative estimate of drug-likeness (QED) is 0.623. The van der Waals surface area contributed by atoms with Gasteiger partial charge in [0.15, 0.2) is 5.13 Å². The highest BCUT2D eigenvalue weighted by molar-refractivity contribution is 9.10. The predicted molar refractivity (Wildman–Crippen MR) is 111 cm³/mol. The molecule has 146 valence electrons. The van der Waals surface area contributed by atoms with Crippen LogP contribution in [0.4, 0.5) is 19.6 Å². The van der Waals surface area contributed by atoms with Crippen molar-refractivity contribution in [3.8, 4) is 0 Å². The number of carbonyl (C=O) groups is 1. The molecule has 5 nitrogen and oxygen atoms in total. The number of piperazine rings is 1. The Morgan fingerprint density at radius 2 is 1.86 bits per heavy atom. The fourth-order valence-electron chi connectivity index (χ4n) is 3.15. The van der Waals surface area contributed by atoms with Crippen LogP contribution >= 0.6 is 27.3 Å². The number of benzene rings is 2. The van der Waals surface area contributed by atoms with Gasteiger partial charge in [-0.05, 0) is 47.2 Å². The Morgan fingerprint density at radius 3 is 2.50 bits per heavy atom. The molecule has 1 amide bonds. The summed E-state index contributed by atoms with van der Waals surface area (Å²) in [5.41, 5.74) is 0.536. The highest BCUT2D eigenvalue weighted by atomic mass is 79.9. The van der Waals surface area contributed by atoms with E-state index in [-0.39, 0.29) is 5.13 Å². The number of hydrogen-bond donors (Lipinski definition) is 1. The lowest BCUT2D eigenvalue weighted by Crippen LogP contribution is -2.44. The van der Waals surface area contributed by atoms with Crippen LogP contribution in [0.25, 0.3) is 10.2 Å². The van der Waals surface area contributed by atoms with Crippen molar-refractivity contribution in [1.29, 1.82) is 0 Å². The molecular formula is C19H17BrF2N4OS. The highest BCUT2D eigenvalue weighted by Gasteiger charge is 2.23. The molecule has 1 aromatic heterocycles. The fraction of sp³-hybridized carbons (Fsp3) is 0.263. The molecule has 28 heavy (non-hydrogen) atoms. The van der Waals surface area contributed by atoms with Crippen molar-refractivity contribution in [3.63, 3.8) is 0 Å². The molecule has 2 heterocycles. The number of halogens is 3. The maximum absolute atomic E-state index is 14.6. The van der Waals surface area contributed by atoms with Gasteiger partial charge in [0.2, 0.25) is 0 Å². The first-order valence-electron chi connectivity index (χ1n) is 8.71. The second-order valence-corrected chi connectivity index (χ2v) is 8.52. The van der Waals surface area contributed by atoms with Crippen LogP contribution in [0.2, 0.25) is 0 Å². The molecule has 1 aliphatic rings. The van der Waals surface area contributed by atoms with Gasteiger partial charge in [-0.3, -0.25) is 10.1 Å². The number of likely N-dealkylation sites (N-methyl/N-ethyl adjacent to an activating group) is 1. The largest absolute Gasteiger partial charge is 0.369 e. The monoisotopic (exact) mass is 466 g/mol. The third-order valence-corrected chi connectivity index (χ3v) is 6.29. The Bertz CT molecular complexity index is 1030. The average Bonchev–Trinajstić information content (AvgIpc) is 3.05. The lowest BCUT2D eigenvalue weighted by atomic mass is 10.1. The van der Waals surface area contributed by atoms with E-state index in [1.54, 1.807) is 0 Å². The lowest BCUT2D eigenvalue weighted by Gasteiger charge is -2.34. The zero-order chi connectivity index (χ0) is 19.8. The fourth-order valence-corrected chi connectivity index (χ4v) is 4.63. The number of carbonyl (C=O) groups excluding carboxylic acids is 1. The molecule has 4 rings (SSSR count). The Morgan fingerprint density at radius 1 is 1.18 bits per heavy atom. The van der Waals surface area contributed by atoms with E-state index in [0.29, 0.717) is 24.3 Å². The number of para-hydroxylation sites is 1. The van der Waals surface area contributed by atoms with E-state index >= 15 is 0 Å². The van der Waals surface area contributed by atoms with Gasteiger partial charge in [0.05, 0.1) is 10.2 Å². The van der Waals surface area contributed by atoms with Crippen LogP contribution in [-0.2, 0) is 0 Å². The normalized spacial score (nSPS) is 15.2. The van der Waals surface area contributed by atoms with E-state index in [1.807, 2.05) is 30.1 Å². The molecule has 0 atom stereocenters. The minimum absolute atomic E-state index is 0.286. The van der Waals surface area contributed by atoms with Crippen LogP contribution in [0.5, 0.6) is 0 Å². The van der Waals surface area contributed by atoms with E-state index in [9.17, 15) is 13.6 Å². The van der Waals surface area contributed by atoms with Gasteiger partial charge in [0.25, 0.3) is 5.91 Å². The van der Waals surface area contributed by atoms with Gasteiger partial charge < -0.3 is 9.80 Å². The summed E-state index contributed by atoms with van der Waals surface area (Å²) in [6.45, 7) is 3.00. The number of rotatable bonds is 3. The summed E-state index contributed by atoms with van der Waals surface area (Å²) in [6, 6.07) is 7.99. The Hall–Kier alpha value is -2.10. The standard InChI is InChI=1S/C19H17BrF2N4OS/c1-25-5-7-26(8-6-25)11-9-13(21)16(14(22)10-11)18(27)24-19-23-17-12(20)3-2-4-15(17)28-19/h2-4,9-10H,5-8H2,1H3,(H,23,24,27). The van der Waals surface area contributed by atoms with Crippen molar-refractivity contribution in [2.75, 3.05) is 43.4 Å². The topological polar surface area (TPSA) is 48.5 Å². The summed E-state index contributed by atoms with van der Waals surface area (Å²) in [5.74, 6) is -2.61. The summed E-state index contributed by atoms with van der Waals surface area (Å²) in [6.07, 6.45) is 0. The second-order valence-electron chi connectivity index (χ2n) is 6.63. The number of nitrogens with one attached hydrogen (secondary N) is 1. The summed E-state index contributed by atoms with van der Waals surface area (Å²) in [4.78, 5) is 20.9. The number of fused-ring (bicyclic) bond motifs is 1. The van der Waals surface area contributed by atoms with Gasteiger partial charge in [-0.15, -0.1) is 0 Å². The molecule has 0 unspecified atom stereocenters. The maximum Gasteiger partial charge on any atom is 0.263 e. The van der Waals surface area contributed by atoms with Crippen LogP contribution in [0.1, 0.15) is 10.4 Å². The Balaban J connectivity index is 1.57. The van der Waals surface area contributed by atoms with Gasteiger partial charge in [-0.2, -0.15) is 0 Å². The van der Waals surface area contributed by atoms with Crippen molar-refractivity contribution >= 4 is 54.2 Å². The zero-order valence-electron chi connectivity index (χ0n) is 15.0. The van der Waals surface area contributed by atoms with E-state index in [0.717, 1.165) is 22.3 Å². The zero-order valence-corrected chi connectivity index (χ0v) is 17.4. The molecule has 1 N–H and O–H groups in total. The summed E-state index contributed by atoms with van der Waals surface area (Å²) < 4.78 is 30.8. The van der Waals surface area contributed by atoms with Crippen LogP contribution < -0.4 is 10.2 Å². The average molecular weight is 467 g/mol. The SMILES string of the molecule is CN1CCN(c2cc(F)c(C(=O)Nc3nc4c(Br)cccc4s3)c(F)c2)CC1. The number of hydrogen-bond acceptors (Lipinski definition) is 5. The molecule has 2 aromatic carbocycles. The first kappa shape index (κ1) is 19.2. The number of thiazole rings is 1. The van der Waals surface area contributed by atoms with Gasteiger partial charge in [-0.1, -0.05) is 17.4 Å². The van der Waals surface area contributed by atoms with E-state index in [4.69, 9.17) is 0 Å². The third kappa shape index (κ3) is 3.74. The first-order chi connectivity index (χ1) is 13.4. The second kappa shape index (κ2) is 7.73. The molecule has 0 saturated carbocycles. The van der Waals surface area contributed by atoms with Crippen LogP contribution in [-0.4, -0.2) is 49.0 Å². The summed E-state index contributed by atoms with van der Waals surface area (Å²) >= 11 is 4.64. The lowest BCUT2D eigenvalue weighted by molar-refractivity contribution is 0.101. The molecular weight excluding hydrogens is 450 g/mol. The van der Waals surface area contributed by atoms with Crippen LogP contribution in [0, 0.1) is 11.6 Å². The van der Waals surface area contributed by atoms with Crippen molar-refractivity contribution in [1.82, 2.24) is 9.88 Å². The Labute approximate surface area is 173 Å². The number of amides is 1. The van der Waals surface area contributed by atoms with Crippen molar-refractivity contribution < 1.29 is 13.6 Å². The molecule has 9 heteroatoms. The predicted octanol–water partition coefficient (Wildman–Crippen LogP) is 4.34. The van der Waals surface area contributed by atoms with E-state index in [1.165, 1.54) is 23.5 Å². The van der Waals surface area contributed by atoms with E-state index in [2.05, 4.69) is 31.1 Å². The van der Waals surface area contributed by atoms with Gasteiger partial charge in [0.1, 0.15) is 17.2 Å². The van der Waals surface area contributed by atoms with E-state index < -0.39 is 23.1 Å². The summed E-state index contributed by atoms with van der Waals surface area (Å²) in [5, 5.41) is 2.79. The number of nitrogens with zero attached hydrogens (tertiary/aromatic N) is 3.